The monoisotopic (exact) mass is 277 g/mol. The highest BCUT2D eigenvalue weighted by atomic mass is 19.4. The second-order valence-corrected chi connectivity index (χ2v) is 5.66. The average molecular weight is 277 g/mol. The molecule has 3 amide bonds. The van der Waals surface area contributed by atoms with Crippen LogP contribution in [0.3, 0.4) is 0 Å². The minimum atomic E-state index is -5.21. The molecule has 108 valence electrons. The zero-order valence-electron chi connectivity index (χ0n) is 11.0. The maximum absolute atomic E-state index is 12.5. The van der Waals surface area contributed by atoms with E-state index in [1.54, 1.807) is 0 Å². The van der Waals surface area contributed by atoms with E-state index in [1.165, 1.54) is 0 Å². The first kappa shape index (κ1) is 14.2. The molecule has 2 rings (SSSR count). The summed E-state index contributed by atoms with van der Waals surface area (Å²) >= 11 is 0. The summed E-state index contributed by atoms with van der Waals surface area (Å²) in [6.45, 7) is -1.58. The van der Waals surface area contributed by atoms with Crippen molar-refractivity contribution in [2.45, 2.75) is 38.6 Å². The number of amides is 3. The number of rotatable bonds is 2. The Balaban J connectivity index is 2.30. The van der Waals surface area contributed by atoms with Crippen LogP contribution in [0.15, 0.2) is 0 Å². The van der Waals surface area contributed by atoms with Gasteiger partial charge in [0.1, 0.15) is 5.54 Å². The van der Waals surface area contributed by atoms with E-state index >= 15 is 0 Å². The zero-order chi connectivity index (χ0) is 14.4. The lowest BCUT2D eigenvalue weighted by atomic mass is 9.67. The maximum atomic E-state index is 12.5. The maximum Gasteiger partial charge on any atom is 0.497 e. The van der Waals surface area contributed by atoms with Gasteiger partial charge in [-0.15, -0.1) is 0 Å². The third-order valence-electron chi connectivity index (χ3n) is 4.38. The van der Waals surface area contributed by atoms with Crippen LogP contribution in [0.2, 0.25) is 0 Å². The lowest BCUT2D eigenvalue weighted by Crippen LogP contribution is -2.59. The van der Waals surface area contributed by atoms with Crippen molar-refractivity contribution in [1.29, 1.82) is 0 Å². The lowest BCUT2D eigenvalue weighted by Gasteiger charge is -2.42. The van der Waals surface area contributed by atoms with Gasteiger partial charge >= 0.3 is 13.0 Å². The molecule has 2 atom stereocenters. The van der Waals surface area contributed by atoms with Crippen LogP contribution in [0, 0.1) is 11.8 Å². The minimum absolute atomic E-state index is 0.140. The van der Waals surface area contributed by atoms with Gasteiger partial charge in [0.2, 0.25) is 0 Å². The molecule has 1 aliphatic heterocycles. The van der Waals surface area contributed by atoms with E-state index in [0.717, 1.165) is 19.3 Å². The van der Waals surface area contributed by atoms with Crippen LogP contribution in [0.1, 0.15) is 33.1 Å². The third kappa shape index (κ3) is 2.21. The van der Waals surface area contributed by atoms with Gasteiger partial charge in [0, 0.05) is 6.44 Å². The molecule has 1 spiro atoms. The Hall–Kier alpha value is -1.21. The standard InChI is InChI=1S/C11H17BF3N2O2/c1-7-4-3-5-8(2)11(7)9(18)17(10(19)16-11)6-12(13,14)15/h7-8H,3-6H2,1-2H3,(H,16,19)/q-1. The Labute approximate surface area is 109 Å². The highest BCUT2D eigenvalue weighted by Gasteiger charge is 2.58. The Bertz CT molecular complexity index is 403. The Morgan fingerprint density at radius 1 is 1.26 bits per heavy atom. The fraction of sp³-hybridized carbons (Fsp3) is 0.818. The second-order valence-electron chi connectivity index (χ2n) is 5.66. The minimum Gasteiger partial charge on any atom is -0.448 e. The highest BCUT2D eigenvalue weighted by Crippen LogP contribution is 2.42. The van der Waals surface area contributed by atoms with Crippen molar-refractivity contribution in [1.82, 2.24) is 10.2 Å². The van der Waals surface area contributed by atoms with Crippen LogP contribution in [-0.2, 0) is 4.79 Å². The first-order valence-corrected chi connectivity index (χ1v) is 6.53. The first-order chi connectivity index (χ1) is 8.68. The molecule has 2 unspecified atom stereocenters. The molecular formula is C11H17BF3N2O2-. The Morgan fingerprint density at radius 3 is 2.26 bits per heavy atom. The molecule has 0 aromatic rings. The molecular weight excluding hydrogens is 260 g/mol. The van der Waals surface area contributed by atoms with Crippen LogP contribution in [0.5, 0.6) is 0 Å². The summed E-state index contributed by atoms with van der Waals surface area (Å²) in [7, 11) is 0. The number of nitrogens with zero attached hydrogens (tertiary/aromatic N) is 1. The van der Waals surface area contributed by atoms with Crippen LogP contribution >= 0.6 is 0 Å². The molecule has 0 aromatic carbocycles. The van der Waals surface area contributed by atoms with Crippen molar-refractivity contribution >= 4 is 18.9 Å². The smallest absolute Gasteiger partial charge is 0.448 e. The number of urea groups is 1. The van der Waals surface area contributed by atoms with Gasteiger partial charge in [0.25, 0.3) is 5.91 Å². The summed E-state index contributed by atoms with van der Waals surface area (Å²) in [5.41, 5.74) is -1.14. The fourth-order valence-corrected chi connectivity index (χ4v) is 3.33. The van der Waals surface area contributed by atoms with E-state index in [4.69, 9.17) is 0 Å². The molecule has 4 nitrogen and oxygen atoms in total. The van der Waals surface area contributed by atoms with Crippen molar-refractivity contribution in [2.24, 2.45) is 11.8 Å². The molecule has 1 aliphatic carbocycles. The summed E-state index contributed by atoms with van der Waals surface area (Å²) in [6, 6.07) is -0.912. The molecule has 1 saturated heterocycles. The molecule has 0 aromatic heterocycles. The van der Waals surface area contributed by atoms with E-state index in [9.17, 15) is 22.5 Å². The highest BCUT2D eigenvalue weighted by molar-refractivity contribution is 6.59. The molecule has 19 heavy (non-hydrogen) atoms. The van der Waals surface area contributed by atoms with E-state index in [0.29, 0.717) is 4.90 Å². The summed E-state index contributed by atoms with van der Waals surface area (Å²) in [5.74, 6) is -0.992. The second kappa shape index (κ2) is 4.42. The molecule has 0 bridgehead atoms. The quantitative estimate of drug-likeness (QED) is 0.621. The summed E-state index contributed by atoms with van der Waals surface area (Å²) in [6.07, 6.45) is 0.949. The van der Waals surface area contributed by atoms with E-state index in [1.807, 2.05) is 13.8 Å². The van der Waals surface area contributed by atoms with Gasteiger partial charge in [0.05, 0.1) is 0 Å². The lowest BCUT2D eigenvalue weighted by molar-refractivity contribution is -0.136. The van der Waals surface area contributed by atoms with Gasteiger partial charge in [0.15, 0.2) is 0 Å². The van der Waals surface area contributed by atoms with E-state index in [2.05, 4.69) is 5.32 Å². The van der Waals surface area contributed by atoms with Crippen molar-refractivity contribution in [3.8, 4) is 0 Å². The fourth-order valence-electron chi connectivity index (χ4n) is 3.33. The number of carbonyl (C=O) groups is 2. The van der Waals surface area contributed by atoms with E-state index < -0.39 is 30.9 Å². The molecule has 0 radical (unpaired) electrons. The number of nitrogens with one attached hydrogen (secondary N) is 1. The number of imide groups is 1. The Kier molecular flexibility index (Phi) is 3.30. The third-order valence-corrected chi connectivity index (χ3v) is 4.38. The number of hydrogen-bond donors (Lipinski definition) is 1. The topological polar surface area (TPSA) is 49.4 Å². The van der Waals surface area contributed by atoms with Gasteiger partial charge in [-0.3, -0.25) is 9.69 Å². The van der Waals surface area contributed by atoms with Crippen molar-refractivity contribution < 1.29 is 22.5 Å². The van der Waals surface area contributed by atoms with Gasteiger partial charge < -0.3 is 18.3 Å². The summed E-state index contributed by atoms with van der Waals surface area (Å²) in [5, 5.41) is 2.54. The van der Waals surface area contributed by atoms with Crippen molar-refractivity contribution in [3.63, 3.8) is 0 Å². The molecule has 2 fully saturated rings. The van der Waals surface area contributed by atoms with Crippen LogP contribution in [0.25, 0.3) is 0 Å². The molecule has 1 saturated carbocycles. The zero-order valence-corrected chi connectivity index (χ0v) is 11.0. The molecule has 2 aliphatic rings. The van der Waals surface area contributed by atoms with Crippen LogP contribution in [-0.4, -0.2) is 35.8 Å². The molecule has 1 heterocycles. The van der Waals surface area contributed by atoms with Crippen LogP contribution in [0.4, 0.5) is 17.7 Å². The number of halogens is 3. The van der Waals surface area contributed by atoms with Gasteiger partial charge in [-0.2, -0.15) is 0 Å². The van der Waals surface area contributed by atoms with E-state index in [-0.39, 0.29) is 11.8 Å². The normalized spacial score (nSPS) is 35.9. The average Bonchev–Trinajstić information content (AvgIpc) is 2.51. The van der Waals surface area contributed by atoms with Crippen LogP contribution < -0.4 is 5.32 Å². The van der Waals surface area contributed by atoms with Gasteiger partial charge in [-0.25, -0.2) is 4.79 Å². The first-order valence-electron chi connectivity index (χ1n) is 6.53. The Morgan fingerprint density at radius 2 is 1.79 bits per heavy atom. The van der Waals surface area contributed by atoms with Crippen molar-refractivity contribution in [3.05, 3.63) is 0 Å². The summed E-state index contributed by atoms with van der Waals surface area (Å²) in [4.78, 5) is 24.4. The SMILES string of the molecule is CC1CCCC(C)C12NC(=O)N(C[B-](F)(F)F)C2=O. The van der Waals surface area contributed by atoms with Gasteiger partial charge in [-0.05, 0) is 24.7 Å². The number of hydrogen-bond acceptors (Lipinski definition) is 2. The van der Waals surface area contributed by atoms with Gasteiger partial charge in [-0.1, -0.05) is 20.3 Å². The van der Waals surface area contributed by atoms with Crippen molar-refractivity contribution in [2.75, 3.05) is 6.44 Å². The number of carbonyl (C=O) groups excluding carboxylic acids is 2. The molecule has 1 N–H and O–H groups in total. The largest absolute Gasteiger partial charge is 0.497 e. The predicted octanol–water partition coefficient (Wildman–Crippen LogP) is 2.12. The predicted molar refractivity (Wildman–Crippen MR) is 64.2 cm³/mol. The molecule has 8 heteroatoms. The summed E-state index contributed by atoms with van der Waals surface area (Å²) < 4.78 is 37.5.